The van der Waals surface area contributed by atoms with Gasteiger partial charge in [0.1, 0.15) is 24.0 Å². The number of halogens is 2. The molecule has 4 aromatic carbocycles. The van der Waals surface area contributed by atoms with Crippen LogP contribution in [0.15, 0.2) is 87.3 Å². The minimum absolute atomic E-state index is 0.00797. The van der Waals surface area contributed by atoms with Crippen molar-refractivity contribution in [3.05, 3.63) is 110 Å². The van der Waals surface area contributed by atoms with Crippen molar-refractivity contribution in [2.75, 3.05) is 5.32 Å². The van der Waals surface area contributed by atoms with Crippen molar-refractivity contribution in [3.8, 4) is 11.8 Å². The van der Waals surface area contributed by atoms with Gasteiger partial charge in [0.25, 0.3) is 5.91 Å². The fraction of sp³-hybridized carbons (Fsp3) is 0.103. The van der Waals surface area contributed by atoms with Crippen LogP contribution in [0.1, 0.15) is 22.3 Å². The van der Waals surface area contributed by atoms with Crippen molar-refractivity contribution in [1.29, 1.82) is 5.26 Å². The SMILES string of the molecule is Cc1ccc(NC(=O)/C(C#N)=C/c2cc(Br)c(OCc3ccc4ccccc4c3)c(Br)c2)c(C)c1. The molecule has 4 nitrogen and oxygen atoms in total. The van der Waals surface area contributed by atoms with Gasteiger partial charge in [0.2, 0.25) is 0 Å². The minimum atomic E-state index is -0.455. The van der Waals surface area contributed by atoms with Gasteiger partial charge in [0.05, 0.1) is 8.95 Å². The topological polar surface area (TPSA) is 62.1 Å². The lowest BCUT2D eigenvalue weighted by Gasteiger charge is -2.12. The molecule has 35 heavy (non-hydrogen) atoms. The summed E-state index contributed by atoms with van der Waals surface area (Å²) in [7, 11) is 0. The fourth-order valence-corrected chi connectivity index (χ4v) is 5.19. The van der Waals surface area contributed by atoms with Crippen molar-refractivity contribution >= 4 is 60.3 Å². The van der Waals surface area contributed by atoms with Gasteiger partial charge in [-0.15, -0.1) is 0 Å². The van der Waals surface area contributed by atoms with Crippen LogP contribution in [-0.2, 0) is 11.4 Å². The first kappa shape index (κ1) is 24.7. The van der Waals surface area contributed by atoms with E-state index in [-0.39, 0.29) is 5.57 Å². The lowest BCUT2D eigenvalue weighted by atomic mass is 10.1. The number of hydrogen-bond donors (Lipinski definition) is 1. The summed E-state index contributed by atoms with van der Waals surface area (Å²) < 4.78 is 7.51. The molecule has 0 spiro atoms. The van der Waals surface area contributed by atoms with Gasteiger partial charge in [-0.25, -0.2) is 0 Å². The molecular formula is C29H22Br2N2O2. The maximum atomic E-state index is 12.7. The first-order valence-corrected chi connectivity index (χ1v) is 12.5. The van der Waals surface area contributed by atoms with E-state index in [1.54, 1.807) is 6.08 Å². The van der Waals surface area contributed by atoms with Crippen LogP contribution in [0.25, 0.3) is 16.8 Å². The lowest BCUT2D eigenvalue weighted by Crippen LogP contribution is -2.14. The maximum absolute atomic E-state index is 12.7. The molecule has 174 valence electrons. The van der Waals surface area contributed by atoms with E-state index >= 15 is 0 Å². The molecule has 0 aliphatic carbocycles. The number of benzene rings is 4. The highest BCUT2D eigenvalue weighted by atomic mass is 79.9. The molecule has 0 unspecified atom stereocenters. The van der Waals surface area contributed by atoms with Gasteiger partial charge < -0.3 is 10.1 Å². The van der Waals surface area contributed by atoms with Crippen molar-refractivity contribution in [1.82, 2.24) is 0 Å². The van der Waals surface area contributed by atoms with Gasteiger partial charge in [0.15, 0.2) is 0 Å². The number of nitriles is 1. The molecule has 0 radical (unpaired) electrons. The summed E-state index contributed by atoms with van der Waals surface area (Å²) in [6.45, 7) is 4.31. The van der Waals surface area contributed by atoms with Gasteiger partial charge in [-0.3, -0.25) is 4.79 Å². The average Bonchev–Trinajstić information content (AvgIpc) is 2.83. The number of ether oxygens (including phenoxy) is 1. The number of nitrogens with one attached hydrogen (secondary N) is 1. The summed E-state index contributed by atoms with van der Waals surface area (Å²) in [6, 6.07) is 25.8. The Morgan fingerprint density at radius 2 is 1.69 bits per heavy atom. The molecule has 6 heteroatoms. The second kappa shape index (κ2) is 10.9. The van der Waals surface area contributed by atoms with Crippen LogP contribution in [0.5, 0.6) is 5.75 Å². The Morgan fingerprint density at radius 3 is 2.37 bits per heavy atom. The van der Waals surface area contributed by atoms with Crippen LogP contribution >= 0.6 is 31.9 Å². The molecule has 0 atom stereocenters. The number of hydrogen-bond acceptors (Lipinski definition) is 3. The number of rotatable bonds is 6. The standard InChI is InChI=1S/C29H22Br2N2O2/c1-18-7-10-27(19(2)11-18)33-29(34)24(16-32)13-21-14-25(30)28(26(31)15-21)35-17-20-8-9-22-5-3-4-6-23(22)12-20/h3-15H,17H2,1-2H3,(H,33,34)/b24-13+. The Morgan fingerprint density at radius 1 is 0.971 bits per heavy atom. The Labute approximate surface area is 221 Å². The molecular weight excluding hydrogens is 568 g/mol. The number of carbonyl (C=O) groups excluding carboxylic acids is 1. The van der Waals surface area contributed by atoms with Crippen LogP contribution < -0.4 is 10.1 Å². The van der Waals surface area contributed by atoms with Gasteiger partial charge in [-0.1, -0.05) is 54.1 Å². The van der Waals surface area contributed by atoms with E-state index < -0.39 is 5.91 Å². The number of anilines is 1. The third kappa shape index (κ3) is 6.00. The molecule has 0 bridgehead atoms. The van der Waals surface area contributed by atoms with Crippen LogP contribution in [-0.4, -0.2) is 5.91 Å². The summed E-state index contributed by atoms with van der Waals surface area (Å²) >= 11 is 7.13. The Balaban J connectivity index is 1.51. The molecule has 0 aromatic heterocycles. The second-order valence-electron chi connectivity index (χ2n) is 8.23. The van der Waals surface area contributed by atoms with Crippen LogP contribution in [0.3, 0.4) is 0 Å². The first-order chi connectivity index (χ1) is 16.8. The molecule has 0 fully saturated rings. The predicted molar refractivity (Wildman–Crippen MR) is 148 cm³/mol. The first-order valence-electron chi connectivity index (χ1n) is 10.9. The third-order valence-electron chi connectivity index (χ3n) is 5.52. The number of carbonyl (C=O) groups is 1. The fourth-order valence-electron chi connectivity index (χ4n) is 3.74. The molecule has 0 aliphatic heterocycles. The van der Waals surface area contributed by atoms with Crippen molar-refractivity contribution in [3.63, 3.8) is 0 Å². The minimum Gasteiger partial charge on any atom is -0.487 e. The van der Waals surface area contributed by atoms with E-state index in [4.69, 9.17) is 4.74 Å². The zero-order valence-electron chi connectivity index (χ0n) is 19.2. The van der Waals surface area contributed by atoms with Crippen molar-refractivity contribution in [2.45, 2.75) is 20.5 Å². The van der Waals surface area contributed by atoms with E-state index in [1.165, 1.54) is 5.39 Å². The highest BCUT2D eigenvalue weighted by Gasteiger charge is 2.14. The van der Waals surface area contributed by atoms with E-state index in [1.807, 2.05) is 62.4 Å². The molecule has 0 heterocycles. The Kier molecular flexibility index (Phi) is 7.70. The second-order valence-corrected chi connectivity index (χ2v) is 9.93. The zero-order valence-corrected chi connectivity index (χ0v) is 22.4. The molecule has 0 aliphatic rings. The van der Waals surface area contributed by atoms with E-state index in [0.29, 0.717) is 32.6 Å². The van der Waals surface area contributed by atoms with Gasteiger partial charge in [-0.05, 0) is 104 Å². The predicted octanol–water partition coefficient (Wildman–Crippen LogP) is 8.11. The average molecular weight is 590 g/mol. The summed E-state index contributed by atoms with van der Waals surface area (Å²) in [6.07, 6.45) is 1.56. The molecule has 4 aromatic rings. The summed E-state index contributed by atoms with van der Waals surface area (Å²) in [5.41, 5.74) is 4.48. The highest BCUT2D eigenvalue weighted by molar-refractivity contribution is 9.11. The smallest absolute Gasteiger partial charge is 0.266 e. The largest absolute Gasteiger partial charge is 0.487 e. The number of nitrogens with zero attached hydrogens (tertiary/aromatic N) is 1. The third-order valence-corrected chi connectivity index (χ3v) is 6.70. The van der Waals surface area contributed by atoms with Crippen molar-refractivity contribution in [2.24, 2.45) is 0 Å². The maximum Gasteiger partial charge on any atom is 0.266 e. The van der Waals surface area contributed by atoms with Gasteiger partial charge >= 0.3 is 0 Å². The molecule has 1 amide bonds. The van der Waals surface area contributed by atoms with Crippen LogP contribution in [0.4, 0.5) is 5.69 Å². The molecule has 0 saturated carbocycles. The normalized spacial score (nSPS) is 11.2. The lowest BCUT2D eigenvalue weighted by molar-refractivity contribution is -0.112. The molecule has 1 N–H and O–H groups in total. The van der Waals surface area contributed by atoms with E-state index in [2.05, 4.69) is 67.5 Å². The number of aryl methyl sites for hydroxylation is 2. The molecule has 0 saturated heterocycles. The van der Waals surface area contributed by atoms with Gasteiger partial charge in [0, 0.05) is 5.69 Å². The quantitative estimate of drug-likeness (QED) is 0.182. The zero-order chi connectivity index (χ0) is 24.9. The monoisotopic (exact) mass is 588 g/mol. The van der Waals surface area contributed by atoms with E-state index in [0.717, 1.165) is 22.1 Å². The Hall–Kier alpha value is -3.40. The summed E-state index contributed by atoms with van der Waals surface area (Å²) in [5, 5.41) is 14.8. The van der Waals surface area contributed by atoms with Gasteiger partial charge in [-0.2, -0.15) is 5.26 Å². The number of fused-ring (bicyclic) bond motifs is 1. The van der Waals surface area contributed by atoms with Crippen LogP contribution in [0.2, 0.25) is 0 Å². The Bertz CT molecular complexity index is 1480. The molecule has 4 rings (SSSR count). The number of amides is 1. The summed E-state index contributed by atoms with van der Waals surface area (Å²) in [4.78, 5) is 12.7. The summed E-state index contributed by atoms with van der Waals surface area (Å²) in [5.74, 6) is 0.192. The van der Waals surface area contributed by atoms with Crippen LogP contribution in [0, 0.1) is 25.2 Å². The van der Waals surface area contributed by atoms with Crippen molar-refractivity contribution < 1.29 is 9.53 Å². The highest BCUT2D eigenvalue weighted by Crippen LogP contribution is 2.36. The van der Waals surface area contributed by atoms with E-state index in [9.17, 15) is 10.1 Å².